The molecular weight excluding hydrogens is 250 g/mol. The van der Waals surface area contributed by atoms with Gasteiger partial charge in [0.25, 0.3) is 0 Å². The number of amides is 1. The van der Waals surface area contributed by atoms with Crippen LogP contribution in [0.15, 0.2) is 30.3 Å². The maximum Gasteiger partial charge on any atom is 0.244 e. The molecule has 0 aliphatic carbocycles. The van der Waals surface area contributed by atoms with Gasteiger partial charge in [0.2, 0.25) is 5.91 Å². The van der Waals surface area contributed by atoms with E-state index in [4.69, 9.17) is 5.11 Å². The molecule has 0 bridgehead atoms. The summed E-state index contributed by atoms with van der Waals surface area (Å²) in [5, 5.41) is 11.9. The largest absolute Gasteiger partial charge is 0.396 e. The van der Waals surface area contributed by atoms with Crippen molar-refractivity contribution in [3.05, 3.63) is 41.5 Å². The summed E-state index contributed by atoms with van der Waals surface area (Å²) in [5.74, 6) is 0.284. The van der Waals surface area contributed by atoms with Crippen molar-refractivity contribution >= 4 is 12.0 Å². The summed E-state index contributed by atoms with van der Waals surface area (Å²) in [7, 11) is 0. The fourth-order valence-corrected chi connectivity index (χ4v) is 2.19. The summed E-state index contributed by atoms with van der Waals surface area (Å²) in [6.07, 6.45) is 6.23. The van der Waals surface area contributed by atoms with Gasteiger partial charge in [-0.1, -0.05) is 43.2 Å². The van der Waals surface area contributed by atoms with Gasteiger partial charge in [0.05, 0.1) is 0 Å². The second-order valence-electron chi connectivity index (χ2n) is 5.16. The molecule has 1 aromatic carbocycles. The summed E-state index contributed by atoms with van der Waals surface area (Å²) in [6.45, 7) is 4.95. The minimum atomic E-state index is -0.0782. The Labute approximate surface area is 121 Å². The van der Waals surface area contributed by atoms with Gasteiger partial charge in [0, 0.05) is 19.2 Å². The third kappa shape index (κ3) is 6.53. The van der Waals surface area contributed by atoms with Crippen LogP contribution in [0.4, 0.5) is 0 Å². The van der Waals surface area contributed by atoms with Crippen molar-refractivity contribution in [1.82, 2.24) is 5.32 Å². The Kier molecular flexibility index (Phi) is 7.66. The number of aliphatic hydroxyl groups excluding tert-OH is 1. The van der Waals surface area contributed by atoms with Crippen LogP contribution in [0.1, 0.15) is 37.3 Å². The van der Waals surface area contributed by atoms with Crippen LogP contribution < -0.4 is 5.32 Å². The van der Waals surface area contributed by atoms with Crippen molar-refractivity contribution in [3.63, 3.8) is 0 Å². The molecule has 3 nitrogen and oxygen atoms in total. The van der Waals surface area contributed by atoms with Crippen LogP contribution in [0.5, 0.6) is 0 Å². The van der Waals surface area contributed by atoms with Crippen LogP contribution in [0.25, 0.3) is 6.08 Å². The van der Waals surface area contributed by atoms with E-state index in [9.17, 15) is 4.79 Å². The zero-order valence-corrected chi connectivity index (χ0v) is 12.4. The van der Waals surface area contributed by atoms with Crippen LogP contribution in [0, 0.1) is 12.8 Å². The van der Waals surface area contributed by atoms with E-state index in [-0.39, 0.29) is 12.5 Å². The van der Waals surface area contributed by atoms with Gasteiger partial charge in [0.15, 0.2) is 0 Å². The summed E-state index contributed by atoms with van der Waals surface area (Å²) in [5.41, 5.74) is 2.21. The number of benzene rings is 1. The number of hydrogen-bond acceptors (Lipinski definition) is 2. The van der Waals surface area contributed by atoms with Gasteiger partial charge in [-0.25, -0.2) is 0 Å². The second kappa shape index (κ2) is 9.32. The van der Waals surface area contributed by atoms with Crippen LogP contribution in [0.3, 0.4) is 0 Å². The maximum absolute atomic E-state index is 11.8. The van der Waals surface area contributed by atoms with E-state index >= 15 is 0 Å². The first kappa shape index (κ1) is 16.4. The molecule has 0 aliphatic heterocycles. The fourth-order valence-electron chi connectivity index (χ4n) is 2.19. The molecule has 1 amide bonds. The third-order valence-electron chi connectivity index (χ3n) is 3.27. The zero-order valence-electron chi connectivity index (χ0n) is 12.4. The molecule has 1 atom stereocenters. The van der Waals surface area contributed by atoms with Gasteiger partial charge in [-0.2, -0.15) is 0 Å². The van der Waals surface area contributed by atoms with E-state index < -0.39 is 0 Å². The molecule has 1 unspecified atom stereocenters. The fraction of sp³-hybridized carbons (Fsp3) is 0.471. The first-order valence-corrected chi connectivity index (χ1v) is 7.29. The first-order valence-electron chi connectivity index (χ1n) is 7.29. The highest BCUT2D eigenvalue weighted by molar-refractivity contribution is 5.91. The topological polar surface area (TPSA) is 49.3 Å². The molecule has 0 aromatic heterocycles. The van der Waals surface area contributed by atoms with Crippen molar-refractivity contribution in [2.45, 2.75) is 33.1 Å². The normalized spacial score (nSPS) is 12.6. The van der Waals surface area contributed by atoms with E-state index in [2.05, 4.69) is 12.2 Å². The summed E-state index contributed by atoms with van der Waals surface area (Å²) in [6, 6.07) is 8.02. The molecule has 2 N–H and O–H groups in total. The highest BCUT2D eigenvalue weighted by Gasteiger charge is 2.07. The summed E-state index contributed by atoms with van der Waals surface area (Å²) < 4.78 is 0. The van der Waals surface area contributed by atoms with Crippen molar-refractivity contribution in [3.8, 4) is 0 Å². The lowest BCUT2D eigenvalue weighted by atomic mass is 10.0. The molecule has 0 radical (unpaired) electrons. The zero-order chi connectivity index (χ0) is 14.8. The maximum atomic E-state index is 11.8. The number of carbonyl (C=O) groups is 1. The smallest absolute Gasteiger partial charge is 0.244 e. The van der Waals surface area contributed by atoms with Crippen LogP contribution >= 0.6 is 0 Å². The Morgan fingerprint density at radius 3 is 2.85 bits per heavy atom. The molecule has 110 valence electrons. The van der Waals surface area contributed by atoms with E-state index in [1.807, 2.05) is 37.3 Å². The molecule has 0 heterocycles. The molecule has 1 aromatic rings. The van der Waals surface area contributed by atoms with Crippen LogP contribution in [-0.2, 0) is 4.79 Å². The number of rotatable bonds is 8. The van der Waals surface area contributed by atoms with Gasteiger partial charge in [-0.15, -0.1) is 0 Å². The van der Waals surface area contributed by atoms with Crippen molar-refractivity contribution in [2.24, 2.45) is 5.92 Å². The van der Waals surface area contributed by atoms with E-state index in [0.717, 1.165) is 24.8 Å². The molecule has 0 saturated carbocycles. The van der Waals surface area contributed by atoms with Gasteiger partial charge in [0.1, 0.15) is 0 Å². The molecule has 1 rings (SSSR count). The summed E-state index contributed by atoms with van der Waals surface area (Å²) in [4.78, 5) is 11.8. The van der Waals surface area contributed by atoms with E-state index in [1.54, 1.807) is 6.08 Å². The quantitative estimate of drug-likeness (QED) is 0.717. The third-order valence-corrected chi connectivity index (χ3v) is 3.27. The Morgan fingerprint density at radius 2 is 2.20 bits per heavy atom. The molecule has 0 aliphatic rings. The average molecular weight is 275 g/mol. The molecular formula is C17H25NO2. The van der Waals surface area contributed by atoms with Gasteiger partial charge < -0.3 is 10.4 Å². The standard InChI is InChI=1S/C17H25NO2/c1-3-5-16(10-11-19)13-18-17(20)9-8-15-7-4-6-14(2)12-15/h4,6-9,12,16,19H,3,5,10-11,13H2,1-2H3,(H,18,20)/b9-8+. The Balaban J connectivity index is 2.42. The number of hydrogen-bond donors (Lipinski definition) is 2. The average Bonchev–Trinajstić information content (AvgIpc) is 2.43. The monoisotopic (exact) mass is 275 g/mol. The lowest BCUT2D eigenvalue weighted by Gasteiger charge is -2.14. The van der Waals surface area contributed by atoms with Crippen LogP contribution in [-0.4, -0.2) is 24.2 Å². The number of aryl methyl sites for hydroxylation is 1. The molecule has 0 saturated heterocycles. The van der Waals surface area contributed by atoms with Gasteiger partial charge in [-0.05, 0) is 37.3 Å². The van der Waals surface area contributed by atoms with E-state index in [0.29, 0.717) is 12.5 Å². The number of carbonyl (C=O) groups excluding carboxylic acids is 1. The molecule has 20 heavy (non-hydrogen) atoms. The van der Waals surface area contributed by atoms with Gasteiger partial charge >= 0.3 is 0 Å². The molecule has 3 heteroatoms. The van der Waals surface area contributed by atoms with Crippen LogP contribution in [0.2, 0.25) is 0 Å². The Hall–Kier alpha value is -1.61. The van der Waals surface area contributed by atoms with Crippen molar-refractivity contribution in [2.75, 3.05) is 13.2 Å². The van der Waals surface area contributed by atoms with Gasteiger partial charge in [-0.3, -0.25) is 4.79 Å². The number of nitrogens with one attached hydrogen (secondary N) is 1. The van der Waals surface area contributed by atoms with E-state index in [1.165, 1.54) is 5.56 Å². The highest BCUT2D eigenvalue weighted by atomic mass is 16.3. The van der Waals surface area contributed by atoms with Crippen molar-refractivity contribution in [1.29, 1.82) is 0 Å². The highest BCUT2D eigenvalue weighted by Crippen LogP contribution is 2.09. The Morgan fingerprint density at radius 1 is 1.40 bits per heavy atom. The predicted molar refractivity (Wildman–Crippen MR) is 83.3 cm³/mol. The lowest BCUT2D eigenvalue weighted by molar-refractivity contribution is -0.116. The first-order chi connectivity index (χ1) is 9.65. The second-order valence-corrected chi connectivity index (χ2v) is 5.16. The molecule has 0 spiro atoms. The minimum Gasteiger partial charge on any atom is -0.396 e. The minimum absolute atomic E-state index is 0.0782. The number of aliphatic hydroxyl groups is 1. The predicted octanol–water partition coefficient (Wildman–Crippen LogP) is 2.92. The Bertz CT molecular complexity index is 434. The van der Waals surface area contributed by atoms with Crippen molar-refractivity contribution < 1.29 is 9.90 Å². The SMILES string of the molecule is CCCC(CCO)CNC(=O)/C=C/c1cccc(C)c1. The molecule has 0 fully saturated rings. The lowest BCUT2D eigenvalue weighted by Crippen LogP contribution is -2.28. The summed E-state index contributed by atoms with van der Waals surface area (Å²) >= 11 is 0.